The summed E-state index contributed by atoms with van der Waals surface area (Å²) in [5.41, 5.74) is 3.96. The minimum atomic E-state index is -0.368. The van der Waals surface area contributed by atoms with Gasteiger partial charge in [0, 0.05) is 41.6 Å². The summed E-state index contributed by atoms with van der Waals surface area (Å²) in [7, 11) is 0. The molecule has 0 aliphatic carbocycles. The molecule has 0 amide bonds. The number of halogens is 2. The van der Waals surface area contributed by atoms with Crippen LogP contribution in [0.25, 0.3) is 11.3 Å². The van der Waals surface area contributed by atoms with E-state index in [-0.39, 0.29) is 12.4 Å². The highest BCUT2D eigenvalue weighted by molar-refractivity contribution is 6.31. The third-order valence-electron chi connectivity index (χ3n) is 4.48. The first-order chi connectivity index (χ1) is 14.2. The van der Waals surface area contributed by atoms with E-state index >= 15 is 0 Å². The molecule has 2 heterocycles. The second-order valence-corrected chi connectivity index (χ2v) is 6.96. The molecule has 0 atom stereocenters. The number of aromatic nitrogens is 4. The maximum atomic E-state index is 14.2. The van der Waals surface area contributed by atoms with Crippen molar-refractivity contribution < 1.29 is 4.39 Å². The first-order valence-corrected chi connectivity index (χ1v) is 9.60. The molecule has 2 aromatic carbocycles. The molecule has 29 heavy (non-hydrogen) atoms. The van der Waals surface area contributed by atoms with E-state index in [1.807, 2.05) is 48.7 Å². The van der Waals surface area contributed by atoms with Gasteiger partial charge in [-0.05, 0) is 23.8 Å². The molecule has 0 spiro atoms. The Morgan fingerprint density at radius 2 is 1.79 bits per heavy atom. The van der Waals surface area contributed by atoms with Crippen LogP contribution in [-0.2, 0) is 19.6 Å². The number of rotatable bonds is 7. The fraction of sp³-hybridized carbons (Fsp3) is 0.136. The molecule has 0 bridgehead atoms. The Balaban J connectivity index is 1.59. The van der Waals surface area contributed by atoms with E-state index in [1.165, 1.54) is 10.9 Å². The Morgan fingerprint density at radius 3 is 2.55 bits per heavy atom. The van der Waals surface area contributed by atoms with Crippen LogP contribution in [-0.4, -0.2) is 20.0 Å². The van der Waals surface area contributed by atoms with Gasteiger partial charge < -0.3 is 5.32 Å². The Morgan fingerprint density at radius 1 is 0.931 bits per heavy atom. The van der Waals surface area contributed by atoms with Crippen LogP contribution in [0.4, 0.5) is 4.39 Å². The molecule has 0 unspecified atom stereocenters. The van der Waals surface area contributed by atoms with Gasteiger partial charge in [-0.25, -0.2) is 4.39 Å². The summed E-state index contributed by atoms with van der Waals surface area (Å²) in [5.74, 6) is -0.368. The van der Waals surface area contributed by atoms with Crippen molar-refractivity contribution in [2.75, 3.05) is 0 Å². The predicted molar refractivity (Wildman–Crippen MR) is 111 cm³/mol. The van der Waals surface area contributed by atoms with E-state index in [9.17, 15) is 4.39 Å². The summed E-state index contributed by atoms with van der Waals surface area (Å²) in [5, 5.41) is 12.9. The smallest absolute Gasteiger partial charge is 0.129 e. The Bertz CT molecular complexity index is 1060. The maximum absolute atomic E-state index is 14.2. The molecule has 0 aliphatic rings. The van der Waals surface area contributed by atoms with Gasteiger partial charge in [-0.3, -0.25) is 4.98 Å². The quantitative estimate of drug-likeness (QED) is 0.491. The summed E-state index contributed by atoms with van der Waals surface area (Å²) < 4.78 is 14.2. The average molecular weight is 408 g/mol. The summed E-state index contributed by atoms with van der Waals surface area (Å²) in [6.45, 7) is 1.34. The molecule has 2 aromatic heterocycles. The molecule has 4 aromatic rings. The number of hydrogen-bond donors (Lipinski definition) is 1. The van der Waals surface area contributed by atoms with E-state index in [1.54, 1.807) is 18.3 Å². The van der Waals surface area contributed by atoms with Crippen molar-refractivity contribution in [2.45, 2.75) is 19.6 Å². The van der Waals surface area contributed by atoms with Crippen LogP contribution in [0.5, 0.6) is 0 Å². The van der Waals surface area contributed by atoms with Gasteiger partial charge in [0.2, 0.25) is 0 Å². The first-order valence-electron chi connectivity index (χ1n) is 9.22. The lowest BCUT2D eigenvalue weighted by Crippen LogP contribution is -2.14. The Labute approximate surface area is 173 Å². The Kier molecular flexibility index (Phi) is 5.93. The van der Waals surface area contributed by atoms with E-state index in [4.69, 9.17) is 11.6 Å². The molecule has 0 saturated carbocycles. The van der Waals surface area contributed by atoms with Gasteiger partial charge in [0.15, 0.2) is 0 Å². The first kappa shape index (κ1) is 19.2. The van der Waals surface area contributed by atoms with Gasteiger partial charge in [0.1, 0.15) is 17.2 Å². The lowest BCUT2D eigenvalue weighted by atomic mass is 10.1. The lowest BCUT2D eigenvalue weighted by Gasteiger charge is -2.05. The number of pyridine rings is 1. The normalized spacial score (nSPS) is 11.0. The monoisotopic (exact) mass is 407 g/mol. The van der Waals surface area contributed by atoms with Crippen molar-refractivity contribution in [2.24, 2.45) is 0 Å². The number of nitrogens with one attached hydrogen (secondary N) is 1. The highest BCUT2D eigenvalue weighted by Gasteiger charge is 2.15. The van der Waals surface area contributed by atoms with Crippen molar-refractivity contribution in [3.8, 4) is 11.3 Å². The topological polar surface area (TPSA) is 55.6 Å². The fourth-order valence-corrected chi connectivity index (χ4v) is 3.27. The molecular weight excluding hydrogens is 389 g/mol. The van der Waals surface area contributed by atoms with Crippen LogP contribution >= 0.6 is 11.6 Å². The SMILES string of the molecule is Fc1cccc(Cl)c1Cn1nc(CNCc2cccnc2)c(-c2ccccc2)n1. The molecule has 1 N–H and O–H groups in total. The van der Waals surface area contributed by atoms with Crippen molar-refractivity contribution in [3.05, 3.63) is 101 Å². The minimum Gasteiger partial charge on any atom is -0.307 e. The lowest BCUT2D eigenvalue weighted by molar-refractivity contribution is 0.543. The summed E-state index contributed by atoms with van der Waals surface area (Å²) >= 11 is 6.17. The molecule has 0 fully saturated rings. The van der Waals surface area contributed by atoms with Crippen LogP contribution in [0.2, 0.25) is 5.02 Å². The molecule has 4 rings (SSSR count). The molecule has 7 heteroatoms. The van der Waals surface area contributed by atoms with Gasteiger partial charge >= 0.3 is 0 Å². The number of nitrogens with zero attached hydrogens (tertiary/aromatic N) is 4. The van der Waals surface area contributed by atoms with Crippen LogP contribution in [0.15, 0.2) is 73.1 Å². The van der Waals surface area contributed by atoms with Crippen LogP contribution in [0, 0.1) is 5.82 Å². The van der Waals surface area contributed by atoms with Crippen molar-refractivity contribution in [1.29, 1.82) is 0 Å². The third kappa shape index (κ3) is 4.67. The van der Waals surface area contributed by atoms with E-state index < -0.39 is 0 Å². The van der Waals surface area contributed by atoms with Crippen molar-refractivity contribution in [3.63, 3.8) is 0 Å². The standard InChI is InChI=1S/C22H19ClFN5/c23-19-9-4-10-20(24)18(19)15-29-27-21(14-26-13-16-6-5-11-25-12-16)22(28-29)17-7-2-1-3-8-17/h1-12,26H,13-15H2. The highest BCUT2D eigenvalue weighted by atomic mass is 35.5. The zero-order valence-corrected chi connectivity index (χ0v) is 16.4. The van der Waals surface area contributed by atoms with E-state index in [0.29, 0.717) is 23.7 Å². The predicted octanol–water partition coefficient (Wildman–Crippen LogP) is 4.47. The largest absolute Gasteiger partial charge is 0.307 e. The van der Waals surface area contributed by atoms with Crippen LogP contribution in [0.1, 0.15) is 16.8 Å². The van der Waals surface area contributed by atoms with E-state index in [0.717, 1.165) is 22.5 Å². The maximum Gasteiger partial charge on any atom is 0.129 e. The molecule has 0 radical (unpaired) electrons. The van der Waals surface area contributed by atoms with Crippen molar-refractivity contribution >= 4 is 11.6 Å². The zero-order chi connectivity index (χ0) is 20.1. The Hall–Kier alpha value is -3.09. The number of hydrogen-bond acceptors (Lipinski definition) is 4. The molecule has 146 valence electrons. The van der Waals surface area contributed by atoms with Crippen LogP contribution in [0.3, 0.4) is 0 Å². The van der Waals surface area contributed by atoms with Gasteiger partial charge in [-0.15, -0.1) is 0 Å². The van der Waals surface area contributed by atoms with Gasteiger partial charge in [0.25, 0.3) is 0 Å². The third-order valence-corrected chi connectivity index (χ3v) is 4.83. The fourth-order valence-electron chi connectivity index (χ4n) is 3.05. The molecular formula is C22H19ClFN5. The second kappa shape index (κ2) is 8.94. The molecule has 0 aliphatic heterocycles. The second-order valence-electron chi connectivity index (χ2n) is 6.56. The molecule has 5 nitrogen and oxygen atoms in total. The van der Waals surface area contributed by atoms with Crippen LogP contribution < -0.4 is 5.32 Å². The van der Waals surface area contributed by atoms with Gasteiger partial charge in [-0.2, -0.15) is 15.0 Å². The minimum absolute atomic E-state index is 0.161. The zero-order valence-electron chi connectivity index (χ0n) is 15.6. The van der Waals surface area contributed by atoms with Gasteiger partial charge in [-0.1, -0.05) is 54.1 Å². The highest BCUT2D eigenvalue weighted by Crippen LogP contribution is 2.23. The summed E-state index contributed by atoms with van der Waals surface area (Å²) in [4.78, 5) is 5.62. The molecule has 0 saturated heterocycles. The van der Waals surface area contributed by atoms with Gasteiger partial charge in [0.05, 0.1) is 6.54 Å². The summed E-state index contributed by atoms with van der Waals surface area (Å²) in [6.07, 6.45) is 3.57. The summed E-state index contributed by atoms with van der Waals surface area (Å²) in [6, 6.07) is 18.4. The number of benzene rings is 2. The average Bonchev–Trinajstić information content (AvgIpc) is 3.15. The van der Waals surface area contributed by atoms with Crippen molar-refractivity contribution in [1.82, 2.24) is 25.3 Å². The van der Waals surface area contributed by atoms with E-state index in [2.05, 4.69) is 20.5 Å².